The summed E-state index contributed by atoms with van der Waals surface area (Å²) in [6.45, 7) is 2.29. The molecule has 9 nitrogen and oxygen atoms in total. The van der Waals surface area contributed by atoms with Gasteiger partial charge in [-0.2, -0.15) is 5.10 Å². The largest absolute Gasteiger partial charge is 0.398 e. The number of hydrogen-bond acceptors (Lipinski definition) is 7. The smallest absolute Gasteiger partial charge is 0.253 e. The molecule has 0 aliphatic rings. The van der Waals surface area contributed by atoms with Gasteiger partial charge in [0.25, 0.3) is 5.91 Å². The highest BCUT2D eigenvalue weighted by Gasteiger charge is 2.22. The van der Waals surface area contributed by atoms with Gasteiger partial charge in [0.2, 0.25) is 0 Å². The van der Waals surface area contributed by atoms with E-state index < -0.39 is 0 Å². The van der Waals surface area contributed by atoms with Crippen LogP contribution in [0.1, 0.15) is 17.3 Å². The zero-order valence-electron chi connectivity index (χ0n) is 14.8. The van der Waals surface area contributed by atoms with Gasteiger partial charge in [0, 0.05) is 41.3 Å². The van der Waals surface area contributed by atoms with Crippen molar-refractivity contribution >= 4 is 40.0 Å². The van der Waals surface area contributed by atoms with Crippen LogP contribution in [0.25, 0.3) is 33.4 Å². The molecule has 3 aromatic heterocycles. The molecule has 0 saturated carbocycles. The second-order valence-electron chi connectivity index (χ2n) is 6.06. The zero-order valence-corrected chi connectivity index (χ0v) is 15.5. The monoisotopic (exact) mass is 397 g/mol. The molecule has 0 aliphatic carbocycles. The molecule has 4 aromatic rings. The first-order valence-corrected chi connectivity index (χ1v) is 8.79. The average molecular weight is 398 g/mol. The molecular weight excluding hydrogens is 382 g/mol. The number of benzene rings is 1. The first-order chi connectivity index (χ1) is 13.5. The van der Waals surface area contributed by atoms with Crippen LogP contribution in [-0.4, -0.2) is 32.8 Å². The summed E-state index contributed by atoms with van der Waals surface area (Å²) in [5, 5.41) is 14.1. The van der Waals surface area contributed by atoms with Crippen LogP contribution < -0.4 is 16.8 Å². The van der Waals surface area contributed by atoms with Crippen LogP contribution in [0.4, 0.5) is 11.5 Å². The maximum Gasteiger partial charge on any atom is 0.253 e. The van der Waals surface area contributed by atoms with E-state index in [-0.39, 0.29) is 17.4 Å². The number of nitrogen functional groups attached to an aromatic ring is 2. The Kier molecular flexibility index (Phi) is 4.36. The number of nitrogens with one attached hydrogen (secondary N) is 2. The number of rotatable bonds is 4. The molecule has 142 valence electrons. The highest BCUT2D eigenvalue weighted by molar-refractivity contribution is 6.34. The van der Waals surface area contributed by atoms with E-state index in [0.29, 0.717) is 44.9 Å². The van der Waals surface area contributed by atoms with Crippen molar-refractivity contribution in [3.8, 4) is 22.4 Å². The number of nitrogens with two attached hydrogens (primary N) is 2. The topological polar surface area (TPSA) is 149 Å². The van der Waals surface area contributed by atoms with Gasteiger partial charge in [-0.1, -0.05) is 16.8 Å². The maximum absolute atomic E-state index is 12.3. The highest BCUT2D eigenvalue weighted by Crippen LogP contribution is 2.40. The molecule has 0 radical (unpaired) electrons. The third-order valence-electron chi connectivity index (χ3n) is 4.31. The van der Waals surface area contributed by atoms with E-state index in [1.165, 1.54) is 6.07 Å². The first-order valence-electron chi connectivity index (χ1n) is 8.41. The fraction of sp³-hybridized carbons (Fsp3) is 0.111. The Morgan fingerprint density at radius 1 is 1.29 bits per heavy atom. The van der Waals surface area contributed by atoms with Gasteiger partial charge in [0.15, 0.2) is 11.4 Å². The summed E-state index contributed by atoms with van der Waals surface area (Å²) in [6.07, 6.45) is 4.96. The van der Waals surface area contributed by atoms with Crippen molar-refractivity contribution in [1.29, 1.82) is 0 Å². The molecule has 0 fully saturated rings. The third kappa shape index (κ3) is 2.81. The lowest BCUT2D eigenvalue weighted by molar-refractivity contribution is 0.0957. The summed E-state index contributed by atoms with van der Waals surface area (Å²) in [6, 6.07) is 3.11. The number of H-pyrrole nitrogens is 1. The second-order valence-corrected chi connectivity index (χ2v) is 6.47. The molecule has 4 rings (SSSR count). The van der Waals surface area contributed by atoms with Crippen LogP contribution in [0, 0.1) is 0 Å². The maximum atomic E-state index is 12.3. The van der Waals surface area contributed by atoms with Crippen molar-refractivity contribution in [2.45, 2.75) is 6.92 Å². The molecule has 10 heteroatoms. The molecule has 0 unspecified atom stereocenters. The van der Waals surface area contributed by atoms with Crippen molar-refractivity contribution in [2.75, 3.05) is 18.0 Å². The quantitative estimate of drug-likeness (QED) is 0.387. The number of halogens is 1. The van der Waals surface area contributed by atoms with Crippen LogP contribution in [0.15, 0.2) is 35.2 Å². The predicted octanol–water partition coefficient (Wildman–Crippen LogP) is 2.85. The molecule has 0 atom stereocenters. The molecule has 0 bridgehead atoms. The van der Waals surface area contributed by atoms with E-state index in [9.17, 15) is 4.79 Å². The molecule has 28 heavy (non-hydrogen) atoms. The molecule has 6 N–H and O–H groups in total. The Morgan fingerprint density at radius 3 is 2.82 bits per heavy atom. The lowest BCUT2D eigenvalue weighted by Gasteiger charge is -2.12. The fourth-order valence-electron chi connectivity index (χ4n) is 3.00. The number of aromatic nitrogens is 4. The number of carbonyl (C=O) groups excluding carboxylic acids is 1. The van der Waals surface area contributed by atoms with E-state index in [0.717, 1.165) is 5.56 Å². The van der Waals surface area contributed by atoms with Gasteiger partial charge in [-0.25, -0.2) is 0 Å². The van der Waals surface area contributed by atoms with Crippen molar-refractivity contribution < 1.29 is 9.32 Å². The average Bonchev–Trinajstić information content (AvgIpc) is 3.32. The van der Waals surface area contributed by atoms with Crippen LogP contribution >= 0.6 is 11.6 Å². The summed E-state index contributed by atoms with van der Waals surface area (Å²) in [5.74, 6) is -0.141. The minimum atomic E-state index is -0.303. The number of pyridine rings is 1. The standard InChI is InChI=1S/C18H16ClN7O2/c1-2-22-18(27)10-3-9(12(19)4-13(10)20)15-14-16(28-26-17(14)21)11(7-23-15)8-5-24-25-6-8/h3-7H,2,20H2,1H3,(H2,21,26)(H,22,27)(H,24,25). The highest BCUT2D eigenvalue weighted by atomic mass is 35.5. The Morgan fingerprint density at radius 2 is 2.11 bits per heavy atom. The number of fused-ring (bicyclic) bond motifs is 1. The summed E-state index contributed by atoms with van der Waals surface area (Å²) >= 11 is 6.42. The van der Waals surface area contributed by atoms with E-state index in [1.54, 1.807) is 24.7 Å². The Labute approximate surface area is 164 Å². The number of amides is 1. The van der Waals surface area contributed by atoms with Crippen molar-refractivity contribution in [1.82, 2.24) is 25.7 Å². The van der Waals surface area contributed by atoms with E-state index in [2.05, 4.69) is 25.7 Å². The van der Waals surface area contributed by atoms with Gasteiger partial charge in [-0.05, 0) is 19.1 Å². The zero-order chi connectivity index (χ0) is 19.8. The van der Waals surface area contributed by atoms with E-state index >= 15 is 0 Å². The van der Waals surface area contributed by atoms with Crippen molar-refractivity contribution in [3.05, 3.63) is 41.3 Å². The van der Waals surface area contributed by atoms with Crippen LogP contribution in [0.2, 0.25) is 5.02 Å². The first kappa shape index (κ1) is 17.8. The second kappa shape index (κ2) is 6.86. The van der Waals surface area contributed by atoms with Gasteiger partial charge in [0.1, 0.15) is 0 Å². The Hall–Kier alpha value is -3.59. The van der Waals surface area contributed by atoms with Crippen LogP contribution in [-0.2, 0) is 0 Å². The Bertz CT molecular complexity index is 1180. The minimum absolute atomic E-state index is 0.162. The predicted molar refractivity (Wildman–Crippen MR) is 107 cm³/mol. The number of carbonyl (C=O) groups is 1. The van der Waals surface area contributed by atoms with Crippen LogP contribution in [0.3, 0.4) is 0 Å². The van der Waals surface area contributed by atoms with E-state index in [4.69, 9.17) is 27.6 Å². The minimum Gasteiger partial charge on any atom is -0.398 e. The number of hydrogen-bond donors (Lipinski definition) is 4. The van der Waals surface area contributed by atoms with Gasteiger partial charge >= 0.3 is 0 Å². The van der Waals surface area contributed by atoms with Gasteiger partial charge in [0.05, 0.1) is 27.9 Å². The normalized spacial score (nSPS) is 11.1. The lowest BCUT2D eigenvalue weighted by atomic mass is 10.0. The van der Waals surface area contributed by atoms with Crippen molar-refractivity contribution in [2.24, 2.45) is 0 Å². The molecule has 1 amide bonds. The van der Waals surface area contributed by atoms with Crippen LogP contribution in [0.5, 0.6) is 0 Å². The molecule has 0 saturated heterocycles. The van der Waals surface area contributed by atoms with E-state index in [1.807, 2.05) is 6.92 Å². The fourth-order valence-corrected chi connectivity index (χ4v) is 3.26. The van der Waals surface area contributed by atoms with Gasteiger partial charge in [-0.15, -0.1) is 0 Å². The lowest BCUT2D eigenvalue weighted by Crippen LogP contribution is -2.23. The number of anilines is 2. The number of nitrogens with zero attached hydrogens (tertiary/aromatic N) is 3. The van der Waals surface area contributed by atoms with Gasteiger partial charge < -0.3 is 21.3 Å². The SMILES string of the molecule is CCNC(=O)c1cc(-c2ncc(-c3cn[nH]c3)c3onc(N)c23)c(Cl)cc1N. The summed E-state index contributed by atoms with van der Waals surface area (Å²) in [5.41, 5.74) is 15.4. The molecule has 0 spiro atoms. The summed E-state index contributed by atoms with van der Waals surface area (Å²) in [4.78, 5) is 16.9. The molecular formula is C18H16ClN7O2. The molecule has 1 aromatic carbocycles. The van der Waals surface area contributed by atoms with Crippen molar-refractivity contribution in [3.63, 3.8) is 0 Å². The number of aromatic amines is 1. The molecule has 0 aliphatic heterocycles. The molecule has 3 heterocycles. The summed E-state index contributed by atoms with van der Waals surface area (Å²) < 4.78 is 5.44. The van der Waals surface area contributed by atoms with Gasteiger partial charge in [-0.3, -0.25) is 14.9 Å². The third-order valence-corrected chi connectivity index (χ3v) is 4.62. The Balaban J connectivity index is 1.96. The summed E-state index contributed by atoms with van der Waals surface area (Å²) in [7, 11) is 0.